The van der Waals surface area contributed by atoms with Crippen molar-refractivity contribution in [2.45, 2.75) is 39.3 Å². The van der Waals surface area contributed by atoms with E-state index in [1.807, 2.05) is 44.0 Å². The van der Waals surface area contributed by atoms with Crippen molar-refractivity contribution in [1.82, 2.24) is 9.80 Å². The van der Waals surface area contributed by atoms with Gasteiger partial charge in [0.15, 0.2) is 0 Å². The van der Waals surface area contributed by atoms with Gasteiger partial charge in [0.2, 0.25) is 0 Å². The van der Waals surface area contributed by atoms with E-state index in [1.54, 1.807) is 4.90 Å². The summed E-state index contributed by atoms with van der Waals surface area (Å²) in [5.41, 5.74) is -0.503. The SMILES string of the molecule is C[C@@H]1CN(C(=O)OC(C)(C)C)CCN1C(=O)c1cc(Br)cs1. The van der Waals surface area contributed by atoms with Crippen molar-refractivity contribution < 1.29 is 14.3 Å². The number of hydrogen-bond acceptors (Lipinski definition) is 4. The van der Waals surface area contributed by atoms with Crippen LogP contribution in [0.5, 0.6) is 0 Å². The van der Waals surface area contributed by atoms with Gasteiger partial charge in [-0.05, 0) is 49.7 Å². The first-order valence-electron chi connectivity index (χ1n) is 7.20. The van der Waals surface area contributed by atoms with Gasteiger partial charge >= 0.3 is 6.09 Å². The van der Waals surface area contributed by atoms with Gasteiger partial charge in [0.1, 0.15) is 5.60 Å². The second kappa shape index (κ2) is 6.58. The van der Waals surface area contributed by atoms with Crippen molar-refractivity contribution in [1.29, 1.82) is 0 Å². The summed E-state index contributed by atoms with van der Waals surface area (Å²) in [4.78, 5) is 28.8. The molecule has 1 aromatic heterocycles. The molecular formula is C15H21BrN2O3S. The summed E-state index contributed by atoms with van der Waals surface area (Å²) < 4.78 is 6.31. The molecule has 0 aliphatic carbocycles. The Kier molecular flexibility index (Phi) is 5.17. The second-order valence-corrected chi connectivity index (χ2v) is 8.23. The molecule has 1 aromatic rings. The summed E-state index contributed by atoms with van der Waals surface area (Å²) in [6, 6.07) is 1.80. The van der Waals surface area contributed by atoms with Crippen molar-refractivity contribution in [2.24, 2.45) is 0 Å². The predicted molar refractivity (Wildman–Crippen MR) is 90.3 cm³/mol. The molecule has 2 amide bonds. The fourth-order valence-corrected chi connectivity index (χ4v) is 3.70. The van der Waals surface area contributed by atoms with E-state index < -0.39 is 5.60 Å². The lowest BCUT2D eigenvalue weighted by Crippen LogP contribution is -2.56. The van der Waals surface area contributed by atoms with Gasteiger partial charge < -0.3 is 14.5 Å². The number of piperazine rings is 1. The molecule has 0 N–H and O–H groups in total. The van der Waals surface area contributed by atoms with Crippen LogP contribution < -0.4 is 0 Å². The van der Waals surface area contributed by atoms with Gasteiger partial charge in [-0.3, -0.25) is 4.79 Å². The molecule has 1 fully saturated rings. The quantitative estimate of drug-likeness (QED) is 0.738. The van der Waals surface area contributed by atoms with Crippen LogP contribution >= 0.6 is 27.3 Å². The van der Waals surface area contributed by atoms with E-state index >= 15 is 0 Å². The standard InChI is InChI=1S/C15H21BrN2O3S/c1-10-8-17(14(20)21-15(2,3)4)5-6-18(10)13(19)12-7-11(16)9-22-12/h7,9-10H,5-6,8H2,1-4H3/t10-/m1/s1. The lowest BCUT2D eigenvalue weighted by molar-refractivity contribution is 0.00626. The Bertz CT molecular complexity index is 567. The molecule has 0 bridgehead atoms. The normalized spacial score (nSPS) is 19.2. The van der Waals surface area contributed by atoms with E-state index in [1.165, 1.54) is 11.3 Å². The number of hydrogen-bond donors (Lipinski definition) is 0. The number of carbonyl (C=O) groups is 2. The van der Waals surface area contributed by atoms with Gasteiger partial charge in [-0.15, -0.1) is 11.3 Å². The monoisotopic (exact) mass is 388 g/mol. The highest BCUT2D eigenvalue weighted by molar-refractivity contribution is 9.10. The summed E-state index contributed by atoms with van der Waals surface area (Å²) in [6.45, 7) is 9.02. The Morgan fingerprint density at radius 1 is 1.36 bits per heavy atom. The summed E-state index contributed by atoms with van der Waals surface area (Å²) >= 11 is 4.79. The molecule has 0 spiro atoms. The zero-order valence-electron chi connectivity index (χ0n) is 13.3. The first kappa shape index (κ1) is 17.3. The van der Waals surface area contributed by atoms with E-state index in [9.17, 15) is 9.59 Å². The van der Waals surface area contributed by atoms with Crippen LogP contribution in [0.1, 0.15) is 37.4 Å². The van der Waals surface area contributed by atoms with Crippen molar-refractivity contribution in [3.63, 3.8) is 0 Å². The average Bonchev–Trinajstić information content (AvgIpc) is 2.82. The first-order chi connectivity index (χ1) is 10.2. The number of carbonyl (C=O) groups excluding carboxylic acids is 2. The summed E-state index contributed by atoms with van der Waals surface area (Å²) in [5, 5.41) is 1.90. The minimum absolute atomic E-state index is 0.0204. The third-order valence-corrected chi connectivity index (χ3v) is 5.00. The van der Waals surface area contributed by atoms with E-state index in [0.717, 1.165) is 4.47 Å². The molecule has 2 heterocycles. The fraction of sp³-hybridized carbons (Fsp3) is 0.600. The molecule has 0 radical (unpaired) electrons. The van der Waals surface area contributed by atoms with Crippen LogP contribution in [0, 0.1) is 0 Å². The van der Waals surface area contributed by atoms with Crippen molar-refractivity contribution in [3.05, 3.63) is 20.8 Å². The maximum absolute atomic E-state index is 12.5. The van der Waals surface area contributed by atoms with Crippen LogP contribution in [-0.2, 0) is 4.74 Å². The molecule has 0 saturated carbocycles. The van der Waals surface area contributed by atoms with Gasteiger partial charge in [-0.25, -0.2) is 4.79 Å². The Labute approximate surface area is 143 Å². The zero-order valence-corrected chi connectivity index (χ0v) is 15.7. The molecule has 0 unspecified atom stereocenters. The van der Waals surface area contributed by atoms with Gasteiger partial charge in [-0.1, -0.05) is 0 Å². The number of nitrogens with zero attached hydrogens (tertiary/aromatic N) is 2. The molecule has 5 nitrogen and oxygen atoms in total. The predicted octanol–water partition coefficient (Wildman–Crippen LogP) is 3.59. The van der Waals surface area contributed by atoms with E-state index in [4.69, 9.17) is 4.74 Å². The highest BCUT2D eigenvalue weighted by Crippen LogP contribution is 2.23. The third-order valence-electron chi connectivity index (χ3n) is 3.32. The van der Waals surface area contributed by atoms with E-state index in [-0.39, 0.29) is 18.0 Å². The molecule has 0 aromatic carbocycles. The Balaban J connectivity index is 1.98. The van der Waals surface area contributed by atoms with Crippen molar-refractivity contribution in [2.75, 3.05) is 19.6 Å². The minimum Gasteiger partial charge on any atom is -0.444 e. The van der Waals surface area contributed by atoms with E-state index in [0.29, 0.717) is 24.5 Å². The Hall–Kier alpha value is -1.08. The topological polar surface area (TPSA) is 49.9 Å². The zero-order chi connectivity index (χ0) is 16.5. The number of amides is 2. The second-order valence-electron chi connectivity index (χ2n) is 6.40. The minimum atomic E-state index is -0.503. The molecule has 1 saturated heterocycles. The van der Waals surface area contributed by atoms with Gasteiger partial charge in [0.25, 0.3) is 5.91 Å². The maximum Gasteiger partial charge on any atom is 0.410 e. The number of ether oxygens (including phenoxy) is 1. The molecule has 1 atom stereocenters. The number of rotatable bonds is 1. The molecule has 122 valence electrons. The van der Waals surface area contributed by atoms with Crippen molar-refractivity contribution >= 4 is 39.3 Å². The van der Waals surface area contributed by atoms with Gasteiger partial charge in [0.05, 0.1) is 4.88 Å². The molecule has 2 rings (SSSR count). The van der Waals surface area contributed by atoms with Crippen molar-refractivity contribution in [3.8, 4) is 0 Å². The van der Waals surface area contributed by atoms with Crippen LogP contribution in [0.4, 0.5) is 4.79 Å². The summed E-state index contributed by atoms with van der Waals surface area (Å²) in [6.07, 6.45) is -0.315. The largest absolute Gasteiger partial charge is 0.444 e. The number of thiophene rings is 1. The maximum atomic E-state index is 12.5. The van der Waals surface area contributed by atoms with E-state index in [2.05, 4.69) is 15.9 Å². The Morgan fingerprint density at radius 2 is 2.05 bits per heavy atom. The lowest BCUT2D eigenvalue weighted by Gasteiger charge is -2.40. The lowest BCUT2D eigenvalue weighted by atomic mass is 10.2. The van der Waals surface area contributed by atoms with Crippen LogP contribution in [0.15, 0.2) is 15.9 Å². The number of halogens is 1. The molecule has 1 aliphatic heterocycles. The van der Waals surface area contributed by atoms with Crippen LogP contribution in [0.25, 0.3) is 0 Å². The Morgan fingerprint density at radius 3 is 2.55 bits per heavy atom. The summed E-state index contributed by atoms with van der Waals surface area (Å²) in [7, 11) is 0. The smallest absolute Gasteiger partial charge is 0.410 e. The van der Waals surface area contributed by atoms with Crippen LogP contribution in [0.2, 0.25) is 0 Å². The van der Waals surface area contributed by atoms with Gasteiger partial charge in [-0.2, -0.15) is 0 Å². The fourth-order valence-electron chi connectivity index (χ4n) is 2.32. The van der Waals surface area contributed by atoms with Crippen LogP contribution in [-0.4, -0.2) is 53.1 Å². The molecule has 1 aliphatic rings. The average molecular weight is 389 g/mol. The highest BCUT2D eigenvalue weighted by Gasteiger charge is 2.32. The highest BCUT2D eigenvalue weighted by atomic mass is 79.9. The third kappa shape index (κ3) is 4.23. The molecule has 22 heavy (non-hydrogen) atoms. The van der Waals surface area contributed by atoms with Gasteiger partial charge in [0, 0.05) is 35.5 Å². The molecule has 7 heteroatoms. The molecular weight excluding hydrogens is 368 g/mol. The summed E-state index contributed by atoms with van der Waals surface area (Å²) in [5.74, 6) is 0.0204. The van der Waals surface area contributed by atoms with Crippen LogP contribution in [0.3, 0.4) is 0 Å². The first-order valence-corrected chi connectivity index (χ1v) is 8.87.